The first-order valence-electron chi connectivity index (χ1n) is 5.11. The average molecular weight is 284 g/mol. The summed E-state index contributed by atoms with van der Waals surface area (Å²) in [6.45, 7) is 0. The first kappa shape index (κ1) is 14.8. The first-order valence-corrected chi connectivity index (χ1v) is 5.52. The van der Waals surface area contributed by atoms with Crippen molar-refractivity contribution >= 4 is 29.4 Å². The van der Waals surface area contributed by atoms with E-state index in [1.165, 1.54) is 18.1 Å². The Morgan fingerprint density at radius 3 is 2.53 bits per heavy atom. The van der Waals surface area contributed by atoms with Crippen molar-refractivity contribution in [2.45, 2.75) is 0 Å². The van der Waals surface area contributed by atoms with Crippen LogP contribution in [0.25, 0.3) is 0 Å². The number of non-ortho nitro benzene ring substituents is 1. The standard InChI is InChI=1S/C11H12N2O5S/c1-12(2)11(19)18-10-7(6-14)4-8(13(15)16)5-9(10)17-3/h4-6H,1-3H3. The predicted octanol–water partition coefficient (Wildman–Crippen LogP) is 1.64. The summed E-state index contributed by atoms with van der Waals surface area (Å²) in [6.07, 6.45) is 0.448. The van der Waals surface area contributed by atoms with E-state index in [4.69, 9.17) is 21.7 Å². The van der Waals surface area contributed by atoms with Gasteiger partial charge in [0, 0.05) is 20.2 Å². The quantitative estimate of drug-likeness (QED) is 0.360. The van der Waals surface area contributed by atoms with Gasteiger partial charge < -0.3 is 14.4 Å². The van der Waals surface area contributed by atoms with Gasteiger partial charge >= 0.3 is 0 Å². The average Bonchev–Trinajstić information content (AvgIpc) is 2.38. The van der Waals surface area contributed by atoms with E-state index in [1.807, 2.05) is 0 Å². The van der Waals surface area contributed by atoms with Gasteiger partial charge in [-0.2, -0.15) is 0 Å². The highest BCUT2D eigenvalue weighted by atomic mass is 32.1. The molecule has 0 amide bonds. The zero-order chi connectivity index (χ0) is 14.6. The van der Waals surface area contributed by atoms with Crippen molar-refractivity contribution in [2.75, 3.05) is 21.2 Å². The van der Waals surface area contributed by atoms with Crippen molar-refractivity contribution in [2.24, 2.45) is 0 Å². The van der Waals surface area contributed by atoms with Crippen LogP contribution in [0.15, 0.2) is 12.1 Å². The fourth-order valence-corrected chi connectivity index (χ4v) is 1.32. The summed E-state index contributed by atoms with van der Waals surface area (Å²) >= 11 is 4.96. The molecule has 1 aromatic rings. The highest BCUT2D eigenvalue weighted by molar-refractivity contribution is 7.80. The number of nitro groups is 1. The van der Waals surface area contributed by atoms with Gasteiger partial charge in [-0.25, -0.2) is 0 Å². The van der Waals surface area contributed by atoms with E-state index < -0.39 is 4.92 Å². The number of benzene rings is 1. The number of hydrogen-bond acceptors (Lipinski definition) is 6. The Kier molecular flexibility index (Phi) is 4.76. The predicted molar refractivity (Wildman–Crippen MR) is 71.9 cm³/mol. The van der Waals surface area contributed by atoms with Crippen LogP contribution in [0, 0.1) is 10.1 Å². The van der Waals surface area contributed by atoms with Gasteiger partial charge in [0.1, 0.15) is 0 Å². The molecule has 0 saturated heterocycles. The van der Waals surface area contributed by atoms with Gasteiger partial charge in [0.15, 0.2) is 17.8 Å². The van der Waals surface area contributed by atoms with Gasteiger partial charge in [-0.3, -0.25) is 14.9 Å². The van der Waals surface area contributed by atoms with E-state index in [9.17, 15) is 14.9 Å². The Bertz CT molecular complexity index is 530. The maximum atomic E-state index is 11.0. The highest BCUT2D eigenvalue weighted by Crippen LogP contribution is 2.35. The minimum absolute atomic E-state index is 0.00440. The van der Waals surface area contributed by atoms with Crippen LogP contribution in [-0.2, 0) is 0 Å². The third kappa shape index (κ3) is 3.38. The maximum absolute atomic E-state index is 11.0. The zero-order valence-electron chi connectivity index (χ0n) is 10.6. The molecule has 0 aliphatic heterocycles. The summed E-state index contributed by atoms with van der Waals surface area (Å²) < 4.78 is 10.3. The van der Waals surface area contributed by atoms with Crippen molar-refractivity contribution in [3.63, 3.8) is 0 Å². The number of hydrogen-bond donors (Lipinski definition) is 0. The van der Waals surface area contributed by atoms with Crippen LogP contribution in [0.1, 0.15) is 10.4 Å². The molecule has 0 N–H and O–H groups in total. The summed E-state index contributed by atoms with van der Waals surface area (Å²) in [5.41, 5.74) is -0.266. The number of carbonyl (C=O) groups is 1. The molecule has 0 atom stereocenters. The van der Waals surface area contributed by atoms with Gasteiger partial charge in [-0.05, 0) is 12.2 Å². The molecule has 0 aromatic heterocycles. The van der Waals surface area contributed by atoms with E-state index in [0.717, 1.165) is 6.07 Å². The molecular formula is C11H12N2O5S. The normalized spacial score (nSPS) is 9.63. The van der Waals surface area contributed by atoms with Crippen LogP contribution in [0.3, 0.4) is 0 Å². The molecule has 0 saturated carbocycles. The van der Waals surface area contributed by atoms with Crippen molar-refractivity contribution in [3.8, 4) is 11.5 Å². The molecule has 0 spiro atoms. The van der Waals surface area contributed by atoms with E-state index >= 15 is 0 Å². The number of nitro benzene ring substituents is 1. The lowest BCUT2D eigenvalue weighted by Gasteiger charge is -2.17. The zero-order valence-corrected chi connectivity index (χ0v) is 11.4. The Morgan fingerprint density at radius 2 is 2.11 bits per heavy atom. The second kappa shape index (κ2) is 6.10. The molecule has 1 rings (SSSR count). The van der Waals surface area contributed by atoms with Gasteiger partial charge in [-0.15, -0.1) is 0 Å². The molecule has 8 heteroatoms. The summed E-state index contributed by atoms with van der Waals surface area (Å²) in [5.74, 6) is 0.127. The molecule has 0 bridgehead atoms. The summed E-state index contributed by atoms with van der Waals surface area (Å²) in [7, 11) is 4.65. The molecule has 0 aliphatic rings. The number of carbonyl (C=O) groups excluding carboxylic acids is 1. The minimum atomic E-state index is -0.621. The van der Waals surface area contributed by atoms with Crippen LogP contribution in [0.2, 0.25) is 0 Å². The van der Waals surface area contributed by atoms with E-state index in [0.29, 0.717) is 6.29 Å². The van der Waals surface area contributed by atoms with Crippen LogP contribution < -0.4 is 9.47 Å². The summed E-state index contributed by atoms with van der Waals surface area (Å²) in [4.78, 5) is 22.6. The van der Waals surface area contributed by atoms with E-state index in [-0.39, 0.29) is 27.9 Å². The van der Waals surface area contributed by atoms with Crippen LogP contribution >= 0.6 is 12.2 Å². The third-order valence-electron chi connectivity index (χ3n) is 2.18. The largest absolute Gasteiger partial charge is 0.493 e. The topological polar surface area (TPSA) is 81.9 Å². The first-order chi connectivity index (χ1) is 8.90. The molecule has 7 nitrogen and oxygen atoms in total. The summed E-state index contributed by atoms with van der Waals surface area (Å²) in [5, 5.41) is 10.8. The second-order valence-electron chi connectivity index (χ2n) is 3.70. The smallest absolute Gasteiger partial charge is 0.274 e. The van der Waals surface area contributed by atoms with Crippen molar-refractivity contribution in [1.82, 2.24) is 4.90 Å². The molecule has 0 radical (unpaired) electrons. The fraction of sp³-hybridized carbons (Fsp3) is 0.273. The number of ether oxygens (including phenoxy) is 2. The SMILES string of the molecule is COc1cc([N+](=O)[O-])cc(C=O)c1OC(=S)N(C)C. The van der Waals surface area contributed by atoms with Gasteiger partial charge in [0.2, 0.25) is 0 Å². The Balaban J connectivity index is 3.32. The Labute approximate surface area is 114 Å². The lowest BCUT2D eigenvalue weighted by atomic mass is 10.2. The Morgan fingerprint density at radius 1 is 1.47 bits per heavy atom. The van der Waals surface area contributed by atoms with Crippen LogP contribution in [0.5, 0.6) is 11.5 Å². The molecule has 1 aromatic carbocycles. The molecule has 0 fully saturated rings. The molecular weight excluding hydrogens is 272 g/mol. The van der Waals surface area contributed by atoms with Gasteiger partial charge in [-0.1, -0.05) is 0 Å². The third-order valence-corrected chi connectivity index (χ3v) is 2.63. The van der Waals surface area contributed by atoms with Crippen molar-refractivity contribution in [1.29, 1.82) is 0 Å². The van der Waals surface area contributed by atoms with Crippen LogP contribution in [-0.4, -0.2) is 42.5 Å². The van der Waals surface area contributed by atoms with Gasteiger partial charge in [0.25, 0.3) is 10.9 Å². The number of rotatable bonds is 4. The van der Waals surface area contributed by atoms with Crippen molar-refractivity contribution < 1.29 is 19.2 Å². The number of thiocarbonyl (C=S) groups is 1. The van der Waals surface area contributed by atoms with Crippen LogP contribution in [0.4, 0.5) is 5.69 Å². The lowest BCUT2D eigenvalue weighted by molar-refractivity contribution is -0.385. The minimum Gasteiger partial charge on any atom is -0.493 e. The molecule has 102 valence electrons. The highest BCUT2D eigenvalue weighted by Gasteiger charge is 2.20. The van der Waals surface area contributed by atoms with Crippen molar-refractivity contribution in [3.05, 3.63) is 27.8 Å². The number of aldehydes is 1. The van der Waals surface area contributed by atoms with E-state index in [2.05, 4.69) is 0 Å². The number of nitrogens with zero attached hydrogens (tertiary/aromatic N) is 2. The maximum Gasteiger partial charge on any atom is 0.274 e. The van der Waals surface area contributed by atoms with Gasteiger partial charge in [0.05, 0.1) is 23.7 Å². The summed E-state index contributed by atoms with van der Waals surface area (Å²) in [6, 6.07) is 2.27. The molecule has 19 heavy (non-hydrogen) atoms. The molecule has 0 heterocycles. The molecule has 0 unspecified atom stereocenters. The number of methoxy groups -OCH3 is 1. The molecule has 0 aliphatic carbocycles. The fourth-order valence-electron chi connectivity index (χ4n) is 1.24. The second-order valence-corrected chi connectivity index (χ2v) is 4.05. The lowest BCUT2D eigenvalue weighted by Crippen LogP contribution is -2.25. The monoisotopic (exact) mass is 284 g/mol. The van der Waals surface area contributed by atoms with E-state index in [1.54, 1.807) is 14.1 Å². The Hall–Kier alpha value is -2.22.